The number of benzene rings is 1. The third-order valence-corrected chi connectivity index (χ3v) is 7.23. The lowest BCUT2D eigenvalue weighted by atomic mass is 9.79. The van der Waals surface area contributed by atoms with Crippen LogP contribution in [0.2, 0.25) is 0 Å². The zero-order chi connectivity index (χ0) is 21.6. The summed E-state index contributed by atoms with van der Waals surface area (Å²) >= 11 is 0. The molecule has 0 radical (unpaired) electrons. The topological polar surface area (TPSA) is 38.3 Å². The van der Waals surface area contributed by atoms with Gasteiger partial charge in [-0.3, -0.25) is 4.79 Å². The van der Waals surface area contributed by atoms with Crippen LogP contribution >= 0.6 is 0 Å². The van der Waals surface area contributed by atoms with E-state index < -0.39 is 0 Å². The molecule has 0 aromatic heterocycles. The average molecular weight is 414 g/mol. The molecule has 1 heterocycles. The smallest absolute Gasteiger partial charge is 0.230 e. The number of hydrogen-bond donors (Lipinski definition) is 1. The van der Waals surface area contributed by atoms with Gasteiger partial charge in [-0.1, -0.05) is 83.3 Å². The summed E-state index contributed by atoms with van der Waals surface area (Å²) in [6.07, 6.45) is 16.9. The molecule has 1 aliphatic carbocycles. The zero-order valence-corrected chi connectivity index (χ0v) is 19.9. The molecule has 1 aromatic carbocycles. The van der Waals surface area contributed by atoms with Gasteiger partial charge in [-0.25, -0.2) is 0 Å². The van der Waals surface area contributed by atoms with Crippen molar-refractivity contribution in [2.24, 2.45) is 5.41 Å². The molecule has 1 amide bonds. The minimum absolute atomic E-state index is 0.175. The number of carbonyl (C=O) groups is 1. The van der Waals surface area contributed by atoms with E-state index in [4.69, 9.17) is 4.74 Å². The van der Waals surface area contributed by atoms with Crippen molar-refractivity contribution in [3.8, 4) is 5.75 Å². The monoisotopic (exact) mass is 413 g/mol. The highest BCUT2D eigenvalue weighted by molar-refractivity contribution is 5.97. The molecule has 3 heteroatoms. The first kappa shape index (κ1) is 23.2. The van der Waals surface area contributed by atoms with Crippen LogP contribution in [0.1, 0.15) is 115 Å². The van der Waals surface area contributed by atoms with Gasteiger partial charge in [0.25, 0.3) is 0 Å². The van der Waals surface area contributed by atoms with Crippen LogP contribution in [0.3, 0.4) is 0 Å². The number of amides is 1. The Morgan fingerprint density at radius 2 is 1.63 bits per heavy atom. The van der Waals surface area contributed by atoms with Gasteiger partial charge in [0.1, 0.15) is 11.4 Å². The number of anilines is 1. The number of fused-ring (bicyclic) bond motifs is 1. The van der Waals surface area contributed by atoms with Gasteiger partial charge in [0.15, 0.2) is 0 Å². The maximum atomic E-state index is 13.5. The summed E-state index contributed by atoms with van der Waals surface area (Å²) in [6, 6.07) is 4.28. The molecule has 0 unspecified atom stereocenters. The van der Waals surface area contributed by atoms with Gasteiger partial charge in [0.2, 0.25) is 5.91 Å². The Kier molecular flexibility index (Phi) is 7.87. The Hall–Kier alpha value is -1.51. The minimum Gasteiger partial charge on any atom is -0.485 e. The maximum absolute atomic E-state index is 13.5. The van der Waals surface area contributed by atoms with Crippen LogP contribution in [0.5, 0.6) is 5.75 Å². The highest BCUT2D eigenvalue weighted by Gasteiger charge is 2.41. The quantitative estimate of drug-likeness (QED) is 0.377. The molecule has 3 rings (SSSR count). The largest absolute Gasteiger partial charge is 0.485 e. The Labute approximate surface area is 184 Å². The lowest BCUT2D eigenvalue weighted by Crippen LogP contribution is -2.34. The Morgan fingerprint density at radius 3 is 2.30 bits per heavy atom. The number of aryl methyl sites for hydroxylation is 1. The molecule has 0 bridgehead atoms. The van der Waals surface area contributed by atoms with E-state index in [-0.39, 0.29) is 16.9 Å². The summed E-state index contributed by atoms with van der Waals surface area (Å²) in [4.78, 5) is 13.5. The van der Waals surface area contributed by atoms with Crippen molar-refractivity contribution in [1.82, 2.24) is 0 Å². The molecule has 3 nitrogen and oxygen atoms in total. The van der Waals surface area contributed by atoms with Crippen LogP contribution in [0.15, 0.2) is 12.1 Å². The fraction of sp³-hybridized carbons (Fsp3) is 0.741. The lowest BCUT2D eigenvalue weighted by molar-refractivity contribution is -0.125. The number of nitrogens with one attached hydrogen (secondary N) is 1. The second-order valence-corrected chi connectivity index (χ2v) is 10.5. The van der Waals surface area contributed by atoms with E-state index in [1.165, 1.54) is 69.8 Å². The molecule has 1 aliphatic heterocycles. The highest BCUT2D eigenvalue weighted by Crippen LogP contribution is 2.46. The molecule has 1 aromatic rings. The average Bonchev–Trinajstić information content (AvgIpc) is 3.30. The summed E-state index contributed by atoms with van der Waals surface area (Å²) in [7, 11) is 0. The normalized spacial score (nSPS) is 18.8. The van der Waals surface area contributed by atoms with Gasteiger partial charge in [0.05, 0.1) is 5.69 Å². The van der Waals surface area contributed by atoms with Crippen molar-refractivity contribution in [2.75, 3.05) is 5.32 Å². The second-order valence-electron chi connectivity index (χ2n) is 10.5. The summed E-state index contributed by atoms with van der Waals surface area (Å²) in [5, 5.41) is 3.34. The van der Waals surface area contributed by atoms with Gasteiger partial charge >= 0.3 is 0 Å². The number of carbonyl (C=O) groups excluding carboxylic acids is 1. The van der Waals surface area contributed by atoms with Crippen molar-refractivity contribution in [3.63, 3.8) is 0 Å². The SMILES string of the molecule is CCCCCCCCCCC1(C(=O)Nc2c(C)ccc3c2OC(C)(C)C3)CCCC1. The highest BCUT2D eigenvalue weighted by atomic mass is 16.5. The Balaban J connectivity index is 1.58. The van der Waals surface area contributed by atoms with E-state index in [0.717, 1.165) is 42.7 Å². The number of hydrogen-bond acceptors (Lipinski definition) is 2. The van der Waals surface area contributed by atoms with Crippen LogP contribution in [-0.4, -0.2) is 11.5 Å². The van der Waals surface area contributed by atoms with Crippen LogP contribution in [0.4, 0.5) is 5.69 Å². The Bertz CT molecular complexity index is 716. The van der Waals surface area contributed by atoms with Crippen LogP contribution < -0.4 is 10.1 Å². The molecule has 0 saturated heterocycles. The van der Waals surface area contributed by atoms with E-state index in [2.05, 4.69) is 45.1 Å². The molecule has 168 valence electrons. The summed E-state index contributed by atoms with van der Waals surface area (Å²) in [5.41, 5.74) is 2.85. The van der Waals surface area contributed by atoms with Gasteiger partial charge in [-0.05, 0) is 45.6 Å². The van der Waals surface area contributed by atoms with Gasteiger partial charge in [-0.2, -0.15) is 0 Å². The van der Waals surface area contributed by atoms with Gasteiger partial charge < -0.3 is 10.1 Å². The van der Waals surface area contributed by atoms with Crippen molar-refractivity contribution in [3.05, 3.63) is 23.3 Å². The van der Waals surface area contributed by atoms with Gasteiger partial charge in [0, 0.05) is 17.4 Å². The third kappa shape index (κ3) is 5.59. The van der Waals surface area contributed by atoms with E-state index >= 15 is 0 Å². The summed E-state index contributed by atoms with van der Waals surface area (Å²) in [6.45, 7) is 8.58. The number of rotatable bonds is 11. The van der Waals surface area contributed by atoms with E-state index in [1.54, 1.807) is 0 Å². The fourth-order valence-electron chi connectivity index (χ4n) is 5.39. The van der Waals surface area contributed by atoms with Crippen molar-refractivity contribution < 1.29 is 9.53 Å². The Morgan fingerprint density at radius 1 is 1.00 bits per heavy atom. The number of unbranched alkanes of at least 4 members (excludes halogenated alkanes) is 7. The van der Waals surface area contributed by atoms with Crippen molar-refractivity contribution in [2.45, 2.75) is 123 Å². The molecule has 0 atom stereocenters. The van der Waals surface area contributed by atoms with Crippen LogP contribution in [0, 0.1) is 12.3 Å². The zero-order valence-electron chi connectivity index (χ0n) is 19.9. The predicted octanol–water partition coefficient (Wildman–Crippen LogP) is 7.74. The standard InChI is InChI=1S/C27H43NO2/c1-5-6-7-8-9-10-11-12-17-27(18-13-14-19-27)25(29)28-23-21(2)15-16-22-20-26(3,4)30-24(22)23/h15-16H,5-14,17-20H2,1-4H3,(H,28,29). The first-order chi connectivity index (χ1) is 14.4. The first-order valence-corrected chi connectivity index (χ1v) is 12.5. The molecule has 1 saturated carbocycles. The van der Waals surface area contributed by atoms with E-state index in [1.807, 2.05) is 0 Å². The molecule has 1 N–H and O–H groups in total. The predicted molar refractivity (Wildman–Crippen MR) is 126 cm³/mol. The molecule has 2 aliphatic rings. The molecular weight excluding hydrogens is 370 g/mol. The number of ether oxygens (including phenoxy) is 1. The molecule has 30 heavy (non-hydrogen) atoms. The van der Waals surface area contributed by atoms with Gasteiger partial charge in [-0.15, -0.1) is 0 Å². The maximum Gasteiger partial charge on any atom is 0.230 e. The molecule has 1 fully saturated rings. The molecular formula is C27H43NO2. The summed E-state index contributed by atoms with van der Waals surface area (Å²) < 4.78 is 6.24. The fourth-order valence-corrected chi connectivity index (χ4v) is 5.39. The van der Waals surface area contributed by atoms with E-state index in [0.29, 0.717) is 0 Å². The second kappa shape index (κ2) is 10.2. The van der Waals surface area contributed by atoms with Crippen molar-refractivity contribution in [1.29, 1.82) is 0 Å². The van der Waals surface area contributed by atoms with Crippen LogP contribution in [0.25, 0.3) is 0 Å². The minimum atomic E-state index is -0.197. The summed E-state index contributed by atoms with van der Waals surface area (Å²) in [5.74, 6) is 1.13. The van der Waals surface area contributed by atoms with Crippen LogP contribution in [-0.2, 0) is 11.2 Å². The van der Waals surface area contributed by atoms with Crippen molar-refractivity contribution >= 4 is 11.6 Å². The molecule has 0 spiro atoms. The third-order valence-electron chi connectivity index (χ3n) is 7.23. The van der Waals surface area contributed by atoms with E-state index in [9.17, 15) is 4.79 Å². The first-order valence-electron chi connectivity index (χ1n) is 12.5. The lowest BCUT2D eigenvalue weighted by Gasteiger charge is -2.29.